The van der Waals surface area contributed by atoms with Gasteiger partial charge in [-0.25, -0.2) is 0 Å². The van der Waals surface area contributed by atoms with Gasteiger partial charge in [-0.05, 0) is 36.1 Å². The molecule has 0 amide bonds. The van der Waals surface area contributed by atoms with Gasteiger partial charge >= 0.3 is 0 Å². The van der Waals surface area contributed by atoms with E-state index in [2.05, 4.69) is 47.4 Å². The Labute approximate surface area is 124 Å². The van der Waals surface area contributed by atoms with E-state index in [1.807, 2.05) is 6.07 Å². The lowest BCUT2D eigenvalue weighted by Crippen LogP contribution is -2.43. The van der Waals surface area contributed by atoms with Gasteiger partial charge in [-0.1, -0.05) is 13.8 Å². The van der Waals surface area contributed by atoms with Crippen LogP contribution in [0.4, 0.5) is 0 Å². The minimum absolute atomic E-state index is 0.411. The molecule has 0 fully saturated rings. The molecular weight excluding hydrogens is 262 g/mol. The molecule has 0 saturated heterocycles. The quantitative estimate of drug-likeness (QED) is 0.890. The van der Waals surface area contributed by atoms with Crippen molar-refractivity contribution in [1.29, 1.82) is 0 Å². The number of aromatic amines is 1. The lowest BCUT2D eigenvalue weighted by molar-refractivity contribution is 0.228. The topological polar surface area (TPSA) is 40.3 Å². The maximum absolute atomic E-state index is 5.37. The van der Waals surface area contributed by atoms with E-state index in [0.717, 1.165) is 18.7 Å². The maximum Gasteiger partial charge on any atom is 0.119 e. The number of ether oxygens (including phenoxy) is 1. The van der Waals surface area contributed by atoms with Crippen molar-refractivity contribution in [1.82, 2.24) is 15.2 Å². The first kappa shape index (κ1) is 12.6. The fraction of sp³-hybridized carbons (Fsp3) is 0.412. The highest BCUT2D eigenvalue weighted by Gasteiger charge is 2.34. The molecule has 21 heavy (non-hydrogen) atoms. The molecule has 0 saturated carbocycles. The molecule has 2 aromatic rings. The molecule has 4 nitrogen and oxygen atoms in total. The summed E-state index contributed by atoms with van der Waals surface area (Å²) in [5.74, 6) is 1.51. The summed E-state index contributed by atoms with van der Waals surface area (Å²) >= 11 is 0. The van der Waals surface area contributed by atoms with E-state index in [1.54, 1.807) is 7.11 Å². The molecule has 1 unspecified atom stereocenters. The molecule has 110 valence electrons. The van der Waals surface area contributed by atoms with Crippen molar-refractivity contribution in [2.75, 3.05) is 13.7 Å². The maximum atomic E-state index is 5.37. The number of fused-ring (bicyclic) bond motifs is 5. The smallest absolute Gasteiger partial charge is 0.119 e. The second-order valence-electron chi connectivity index (χ2n) is 6.22. The van der Waals surface area contributed by atoms with Crippen LogP contribution >= 0.6 is 0 Å². The van der Waals surface area contributed by atoms with Gasteiger partial charge in [0.15, 0.2) is 0 Å². The predicted molar refractivity (Wildman–Crippen MR) is 85.0 cm³/mol. The van der Waals surface area contributed by atoms with Crippen molar-refractivity contribution in [2.24, 2.45) is 5.92 Å². The Kier molecular flexibility index (Phi) is 2.67. The van der Waals surface area contributed by atoms with Crippen LogP contribution in [0.2, 0.25) is 0 Å². The van der Waals surface area contributed by atoms with E-state index in [1.165, 1.54) is 27.9 Å². The number of methoxy groups -OCH3 is 1. The molecule has 4 heteroatoms. The average Bonchev–Trinajstić information content (AvgIpc) is 3.07. The summed E-state index contributed by atoms with van der Waals surface area (Å²) in [4.78, 5) is 6.08. The molecule has 2 aliphatic rings. The van der Waals surface area contributed by atoms with Gasteiger partial charge in [0.2, 0.25) is 0 Å². The van der Waals surface area contributed by atoms with E-state index in [9.17, 15) is 0 Å². The predicted octanol–water partition coefficient (Wildman–Crippen LogP) is 2.92. The molecule has 0 spiro atoms. The van der Waals surface area contributed by atoms with Crippen molar-refractivity contribution < 1.29 is 4.74 Å². The summed E-state index contributed by atoms with van der Waals surface area (Å²) in [5.41, 5.74) is 5.17. The first-order valence-electron chi connectivity index (χ1n) is 7.61. The van der Waals surface area contributed by atoms with Crippen molar-refractivity contribution in [2.45, 2.75) is 26.4 Å². The van der Waals surface area contributed by atoms with Crippen LogP contribution in [0.3, 0.4) is 0 Å². The molecule has 0 aliphatic carbocycles. The number of nitrogens with one attached hydrogen (secondary N) is 2. The second-order valence-corrected chi connectivity index (χ2v) is 6.22. The Bertz CT molecular complexity index is 729. The van der Waals surface area contributed by atoms with Gasteiger partial charge in [0.05, 0.1) is 18.5 Å². The van der Waals surface area contributed by atoms with E-state index in [4.69, 9.17) is 4.74 Å². The molecule has 0 bridgehead atoms. The number of hydrogen-bond donors (Lipinski definition) is 2. The highest BCUT2D eigenvalue weighted by Crippen LogP contribution is 2.38. The third-order valence-electron chi connectivity index (χ3n) is 4.64. The van der Waals surface area contributed by atoms with Crippen molar-refractivity contribution in [3.63, 3.8) is 0 Å². The van der Waals surface area contributed by atoms with E-state index >= 15 is 0 Å². The zero-order chi connectivity index (χ0) is 14.6. The zero-order valence-electron chi connectivity index (χ0n) is 12.7. The summed E-state index contributed by atoms with van der Waals surface area (Å²) in [6.07, 6.45) is 3.65. The van der Waals surface area contributed by atoms with Crippen LogP contribution in [-0.2, 0) is 6.42 Å². The number of aromatic nitrogens is 1. The van der Waals surface area contributed by atoms with Gasteiger partial charge in [0.25, 0.3) is 0 Å². The zero-order valence-corrected chi connectivity index (χ0v) is 12.7. The number of nitrogens with zero attached hydrogens (tertiary/aromatic N) is 1. The van der Waals surface area contributed by atoms with Crippen LogP contribution in [0.1, 0.15) is 25.1 Å². The Morgan fingerprint density at radius 1 is 1.33 bits per heavy atom. The molecule has 3 heterocycles. The standard InChI is InChI=1S/C17H21N3O/c1-10(2)17-18-9-15-16-12(6-7-20(15)17)13-8-11(21-3)4-5-14(13)19-16/h4-5,8-10,17-19H,6-7H2,1-3H3. The highest BCUT2D eigenvalue weighted by atomic mass is 16.5. The van der Waals surface area contributed by atoms with Crippen LogP contribution in [0, 0.1) is 5.92 Å². The third kappa shape index (κ3) is 1.75. The second kappa shape index (κ2) is 4.45. The fourth-order valence-corrected chi connectivity index (χ4v) is 3.58. The van der Waals surface area contributed by atoms with Gasteiger partial charge in [0.1, 0.15) is 11.9 Å². The van der Waals surface area contributed by atoms with Crippen LogP contribution in [0.15, 0.2) is 24.4 Å². The highest BCUT2D eigenvalue weighted by molar-refractivity contribution is 5.91. The third-order valence-corrected chi connectivity index (χ3v) is 4.64. The van der Waals surface area contributed by atoms with Crippen LogP contribution < -0.4 is 10.1 Å². The monoisotopic (exact) mass is 283 g/mol. The Morgan fingerprint density at radius 3 is 2.95 bits per heavy atom. The van der Waals surface area contributed by atoms with Gasteiger partial charge in [-0.15, -0.1) is 0 Å². The van der Waals surface area contributed by atoms with Gasteiger partial charge in [-0.3, -0.25) is 0 Å². The van der Waals surface area contributed by atoms with Crippen LogP contribution in [-0.4, -0.2) is 29.7 Å². The molecule has 1 aromatic carbocycles. The summed E-state index contributed by atoms with van der Waals surface area (Å²) in [6, 6.07) is 6.27. The number of hydrogen-bond acceptors (Lipinski definition) is 3. The van der Waals surface area contributed by atoms with Crippen molar-refractivity contribution >= 4 is 16.6 Å². The normalized spacial score (nSPS) is 20.3. The lowest BCUT2D eigenvalue weighted by atomic mass is 10.00. The minimum Gasteiger partial charge on any atom is -0.497 e. The molecule has 1 atom stereocenters. The number of H-pyrrole nitrogens is 1. The summed E-state index contributed by atoms with van der Waals surface area (Å²) in [5, 5.41) is 4.81. The Morgan fingerprint density at radius 2 is 2.19 bits per heavy atom. The van der Waals surface area contributed by atoms with Crippen molar-refractivity contribution in [3.8, 4) is 5.75 Å². The molecular formula is C17H21N3O. The number of benzene rings is 1. The first-order chi connectivity index (χ1) is 10.2. The van der Waals surface area contributed by atoms with Crippen LogP contribution in [0.5, 0.6) is 5.75 Å². The molecule has 0 radical (unpaired) electrons. The summed E-state index contributed by atoms with van der Waals surface area (Å²) in [6.45, 7) is 5.60. The minimum atomic E-state index is 0.411. The van der Waals surface area contributed by atoms with Gasteiger partial charge in [0, 0.05) is 23.6 Å². The summed E-state index contributed by atoms with van der Waals surface area (Å²) in [7, 11) is 1.72. The van der Waals surface area contributed by atoms with Crippen molar-refractivity contribution in [3.05, 3.63) is 35.7 Å². The summed E-state index contributed by atoms with van der Waals surface area (Å²) < 4.78 is 5.37. The van der Waals surface area contributed by atoms with E-state index in [-0.39, 0.29) is 0 Å². The first-order valence-corrected chi connectivity index (χ1v) is 7.61. The fourth-order valence-electron chi connectivity index (χ4n) is 3.58. The van der Waals surface area contributed by atoms with Gasteiger partial charge in [-0.2, -0.15) is 0 Å². The SMILES string of the molecule is COc1ccc2[nH]c3c(c2c1)CCN1C3=CNC1C(C)C. The molecule has 4 rings (SSSR count). The molecule has 2 aliphatic heterocycles. The number of rotatable bonds is 2. The molecule has 2 N–H and O–H groups in total. The lowest BCUT2D eigenvalue weighted by Gasteiger charge is -2.34. The van der Waals surface area contributed by atoms with E-state index < -0.39 is 0 Å². The average molecular weight is 283 g/mol. The van der Waals surface area contributed by atoms with Gasteiger partial charge < -0.3 is 19.9 Å². The Hall–Kier alpha value is -2.10. The largest absolute Gasteiger partial charge is 0.497 e. The van der Waals surface area contributed by atoms with Crippen LogP contribution in [0.25, 0.3) is 16.6 Å². The molecule has 1 aromatic heterocycles. The Balaban J connectivity index is 1.82. The van der Waals surface area contributed by atoms with E-state index in [0.29, 0.717) is 12.1 Å².